The number of hydrogen-bond donors (Lipinski definition) is 2. The normalized spacial score (nSPS) is 11.0. The number of nitrogens with zero attached hydrogens (tertiary/aromatic N) is 1. The highest BCUT2D eigenvalue weighted by Gasteiger charge is 2.20. The Labute approximate surface area is 171 Å². The number of halogens is 1. The van der Waals surface area contributed by atoms with Gasteiger partial charge in [0, 0.05) is 25.6 Å². The van der Waals surface area contributed by atoms with Gasteiger partial charge in [-0.15, -0.1) is 12.4 Å². The first kappa shape index (κ1) is 23.6. The fourth-order valence-electron chi connectivity index (χ4n) is 2.51. The van der Waals surface area contributed by atoms with Crippen LogP contribution in [0.2, 0.25) is 0 Å². The number of benzene rings is 2. The minimum atomic E-state index is -3.62. The van der Waals surface area contributed by atoms with Crippen molar-refractivity contribution >= 4 is 34.2 Å². The summed E-state index contributed by atoms with van der Waals surface area (Å²) in [5.74, 6) is -0.362. The second-order valence-electron chi connectivity index (χ2n) is 6.02. The van der Waals surface area contributed by atoms with Crippen molar-refractivity contribution in [1.29, 1.82) is 5.41 Å². The summed E-state index contributed by atoms with van der Waals surface area (Å²) in [6.45, 7) is 0.228. The molecule has 9 heteroatoms. The van der Waals surface area contributed by atoms with Crippen LogP contribution in [0.25, 0.3) is 11.1 Å². The number of carbonyl (C=O) groups excluding carboxylic acids is 1. The monoisotopic (exact) mass is 425 g/mol. The van der Waals surface area contributed by atoms with E-state index in [9.17, 15) is 13.2 Å². The van der Waals surface area contributed by atoms with E-state index in [0.29, 0.717) is 12.0 Å². The van der Waals surface area contributed by atoms with Crippen LogP contribution in [0.15, 0.2) is 53.4 Å². The Kier molecular flexibility index (Phi) is 8.62. The molecule has 2 aromatic rings. The molecule has 0 saturated carbocycles. The molecule has 0 saturated heterocycles. The number of esters is 1. The maximum Gasteiger partial charge on any atom is 0.305 e. The number of hydrogen-bond acceptors (Lipinski definition) is 5. The largest absolute Gasteiger partial charge is 0.469 e. The van der Waals surface area contributed by atoms with Gasteiger partial charge in [-0.25, -0.2) is 12.7 Å². The van der Waals surface area contributed by atoms with Crippen molar-refractivity contribution in [1.82, 2.24) is 4.31 Å². The lowest BCUT2D eigenvalue weighted by atomic mass is 10.0. The summed E-state index contributed by atoms with van der Waals surface area (Å²) in [5, 5.41) is 7.41. The summed E-state index contributed by atoms with van der Waals surface area (Å²) in [7, 11) is -0.833. The zero-order valence-corrected chi connectivity index (χ0v) is 17.3. The van der Waals surface area contributed by atoms with Crippen LogP contribution in [-0.2, 0) is 19.6 Å². The van der Waals surface area contributed by atoms with Crippen LogP contribution in [0, 0.1) is 5.41 Å². The summed E-state index contributed by atoms with van der Waals surface area (Å²) < 4.78 is 31.0. The van der Waals surface area contributed by atoms with E-state index in [1.54, 1.807) is 36.4 Å². The average molecular weight is 426 g/mol. The molecule has 2 rings (SSSR count). The van der Waals surface area contributed by atoms with Crippen LogP contribution in [0.5, 0.6) is 0 Å². The van der Waals surface area contributed by atoms with Crippen molar-refractivity contribution in [3.8, 4) is 11.1 Å². The van der Waals surface area contributed by atoms with Gasteiger partial charge < -0.3 is 10.5 Å². The molecule has 0 amide bonds. The molecule has 152 valence electrons. The lowest BCUT2D eigenvalue weighted by Crippen LogP contribution is -2.28. The van der Waals surface area contributed by atoms with E-state index < -0.39 is 10.0 Å². The number of nitrogens with one attached hydrogen (secondary N) is 1. The zero-order valence-electron chi connectivity index (χ0n) is 15.7. The highest BCUT2D eigenvalue weighted by atomic mass is 35.5. The lowest BCUT2D eigenvalue weighted by molar-refractivity contribution is -0.140. The Morgan fingerprint density at radius 3 is 2.04 bits per heavy atom. The SMILES string of the molecule is COC(=O)CCCN(C)S(=O)(=O)c1ccc(-c2ccc(C(=N)N)cc2)cc1.Cl. The van der Waals surface area contributed by atoms with Crippen molar-refractivity contribution in [2.75, 3.05) is 20.7 Å². The highest BCUT2D eigenvalue weighted by molar-refractivity contribution is 7.89. The molecule has 7 nitrogen and oxygen atoms in total. The van der Waals surface area contributed by atoms with Crippen molar-refractivity contribution in [3.05, 3.63) is 54.1 Å². The van der Waals surface area contributed by atoms with E-state index in [4.69, 9.17) is 11.1 Å². The van der Waals surface area contributed by atoms with Crippen molar-refractivity contribution in [2.24, 2.45) is 5.73 Å². The Morgan fingerprint density at radius 2 is 1.57 bits per heavy atom. The van der Waals surface area contributed by atoms with Gasteiger partial charge >= 0.3 is 5.97 Å². The van der Waals surface area contributed by atoms with Crippen molar-refractivity contribution in [2.45, 2.75) is 17.7 Å². The molecule has 0 aromatic heterocycles. The molecule has 0 fully saturated rings. The number of nitrogens with two attached hydrogens (primary N) is 1. The van der Waals surface area contributed by atoms with Gasteiger partial charge in [0.2, 0.25) is 10.0 Å². The predicted molar refractivity (Wildman–Crippen MR) is 111 cm³/mol. The predicted octanol–water partition coefficient (Wildman–Crippen LogP) is 2.63. The van der Waals surface area contributed by atoms with E-state index >= 15 is 0 Å². The van der Waals surface area contributed by atoms with Gasteiger partial charge in [0.05, 0.1) is 12.0 Å². The Hall–Kier alpha value is -2.42. The smallest absolute Gasteiger partial charge is 0.305 e. The quantitative estimate of drug-likeness (QED) is 0.383. The fourth-order valence-corrected chi connectivity index (χ4v) is 3.72. The molecule has 2 aromatic carbocycles. The third-order valence-electron chi connectivity index (χ3n) is 4.17. The number of rotatable bonds is 8. The Bertz CT molecular complexity index is 913. The minimum Gasteiger partial charge on any atom is -0.469 e. The first-order chi connectivity index (χ1) is 12.8. The second kappa shape index (κ2) is 10.2. The minimum absolute atomic E-state index is 0. The maximum absolute atomic E-state index is 12.6. The lowest BCUT2D eigenvalue weighted by Gasteiger charge is -2.17. The van der Waals surface area contributed by atoms with Gasteiger partial charge in [0.1, 0.15) is 5.84 Å². The Balaban J connectivity index is 0.00000392. The first-order valence-corrected chi connectivity index (χ1v) is 9.77. The van der Waals surface area contributed by atoms with Crippen LogP contribution >= 0.6 is 12.4 Å². The fraction of sp³-hybridized carbons (Fsp3) is 0.263. The average Bonchev–Trinajstić information content (AvgIpc) is 2.67. The number of methoxy groups -OCH3 is 1. The topological polar surface area (TPSA) is 114 Å². The highest BCUT2D eigenvalue weighted by Crippen LogP contribution is 2.23. The number of sulfonamides is 1. The van der Waals surface area contributed by atoms with Gasteiger partial charge in [-0.05, 0) is 29.7 Å². The van der Waals surface area contributed by atoms with Gasteiger partial charge in [0.15, 0.2) is 0 Å². The molecule has 0 aliphatic carbocycles. The molecule has 28 heavy (non-hydrogen) atoms. The van der Waals surface area contributed by atoms with Crippen LogP contribution < -0.4 is 5.73 Å². The molecule has 0 spiro atoms. The van der Waals surface area contributed by atoms with E-state index in [1.165, 1.54) is 18.5 Å². The molecule has 0 bridgehead atoms. The van der Waals surface area contributed by atoms with Gasteiger partial charge in [0.25, 0.3) is 0 Å². The number of ether oxygens (including phenoxy) is 1. The molecule has 0 aliphatic heterocycles. The molecule has 0 unspecified atom stereocenters. The Morgan fingerprint density at radius 1 is 1.07 bits per heavy atom. The van der Waals surface area contributed by atoms with E-state index in [-0.39, 0.29) is 42.1 Å². The molecule has 3 N–H and O–H groups in total. The molecular weight excluding hydrogens is 402 g/mol. The van der Waals surface area contributed by atoms with Crippen LogP contribution in [-0.4, -0.2) is 45.2 Å². The summed E-state index contributed by atoms with van der Waals surface area (Å²) in [5.41, 5.74) is 7.83. The molecule has 0 atom stereocenters. The number of carbonyl (C=O) groups is 1. The first-order valence-electron chi connectivity index (χ1n) is 8.33. The van der Waals surface area contributed by atoms with Crippen LogP contribution in [0.1, 0.15) is 18.4 Å². The van der Waals surface area contributed by atoms with Gasteiger partial charge in [-0.2, -0.15) is 0 Å². The van der Waals surface area contributed by atoms with Crippen molar-refractivity contribution in [3.63, 3.8) is 0 Å². The third-order valence-corrected chi connectivity index (χ3v) is 6.04. The summed E-state index contributed by atoms with van der Waals surface area (Å²) in [6.07, 6.45) is 0.564. The van der Waals surface area contributed by atoms with Gasteiger partial charge in [-0.3, -0.25) is 10.2 Å². The number of amidine groups is 1. The summed E-state index contributed by atoms with van der Waals surface area (Å²) in [4.78, 5) is 11.3. The van der Waals surface area contributed by atoms with E-state index in [0.717, 1.165) is 11.1 Å². The number of nitrogen functional groups attached to an aromatic ring is 1. The molecule has 0 aliphatic rings. The molecular formula is C19H24ClN3O4S. The summed E-state index contributed by atoms with van der Waals surface area (Å²) >= 11 is 0. The van der Waals surface area contributed by atoms with E-state index in [1.807, 2.05) is 12.1 Å². The van der Waals surface area contributed by atoms with Gasteiger partial charge in [-0.1, -0.05) is 36.4 Å². The summed E-state index contributed by atoms with van der Waals surface area (Å²) in [6, 6.07) is 13.7. The molecule has 0 heterocycles. The second-order valence-corrected chi connectivity index (χ2v) is 8.07. The van der Waals surface area contributed by atoms with Crippen molar-refractivity contribution < 1.29 is 17.9 Å². The maximum atomic E-state index is 12.6. The zero-order chi connectivity index (χ0) is 20.0. The van der Waals surface area contributed by atoms with Crippen LogP contribution in [0.4, 0.5) is 0 Å². The van der Waals surface area contributed by atoms with E-state index in [2.05, 4.69) is 4.74 Å². The third kappa shape index (κ3) is 5.79. The molecule has 0 radical (unpaired) electrons. The van der Waals surface area contributed by atoms with Crippen LogP contribution in [0.3, 0.4) is 0 Å². The standard InChI is InChI=1S/C19H23N3O4S.ClH/c1-22(13-3-4-18(23)26-2)27(24,25)17-11-9-15(10-12-17)14-5-7-16(8-6-14)19(20)21;/h5-12H,3-4,13H2,1-2H3,(H3,20,21);1H.